The van der Waals surface area contributed by atoms with E-state index in [9.17, 15) is 14.4 Å². The minimum absolute atomic E-state index is 0.0511. The van der Waals surface area contributed by atoms with Gasteiger partial charge in [-0.3, -0.25) is 19.1 Å². The fraction of sp³-hybridized carbons (Fsp3) is 0.167. The maximum absolute atomic E-state index is 13.0. The molecule has 2 aromatic carbocycles. The van der Waals surface area contributed by atoms with Gasteiger partial charge in [0.05, 0.1) is 10.9 Å². The van der Waals surface area contributed by atoms with Gasteiger partial charge in [-0.1, -0.05) is 18.2 Å². The standard InChI is InChI=1S/C24H20N4O4/c1-27(16-9-11-19(12-10-16)32-18-5-3-2-4-6-18)23(30)15-13-20-21(25-14-15)28(17-7-8-17)24(31)26-22(20)29/h2-6,9-14,17H,7-8H2,1H3,(H,26,29,31). The van der Waals surface area contributed by atoms with Crippen molar-refractivity contribution in [2.45, 2.75) is 18.9 Å². The van der Waals surface area contributed by atoms with Crippen molar-refractivity contribution in [2.24, 2.45) is 0 Å². The first-order valence-corrected chi connectivity index (χ1v) is 10.3. The predicted molar refractivity (Wildman–Crippen MR) is 121 cm³/mol. The number of benzene rings is 2. The fourth-order valence-electron chi connectivity index (χ4n) is 3.60. The lowest BCUT2D eigenvalue weighted by Gasteiger charge is -2.18. The number of aromatic amines is 1. The van der Waals surface area contributed by atoms with E-state index in [0.717, 1.165) is 18.6 Å². The summed E-state index contributed by atoms with van der Waals surface area (Å²) < 4.78 is 7.29. The molecule has 1 aliphatic rings. The van der Waals surface area contributed by atoms with Crippen LogP contribution in [0, 0.1) is 0 Å². The number of nitrogens with zero attached hydrogens (tertiary/aromatic N) is 3. The molecule has 1 N–H and O–H groups in total. The first-order chi connectivity index (χ1) is 15.5. The molecule has 32 heavy (non-hydrogen) atoms. The zero-order valence-electron chi connectivity index (χ0n) is 17.3. The van der Waals surface area contributed by atoms with Crippen LogP contribution in [0.5, 0.6) is 11.5 Å². The number of carbonyl (C=O) groups is 1. The van der Waals surface area contributed by atoms with E-state index in [1.165, 1.54) is 21.7 Å². The van der Waals surface area contributed by atoms with Crippen LogP contribution in [0.4, 0.5) is 5.69 Å². The topological polar surface area (TPSA) is 97.3 Å². The van der Waals surface area contributed by atoms with Gasteiger partial charge < -0.3 is 9.64 Å². The summed E-state index contributed by atoms with van der Waals surface area (Å²) in [6.07, 6.45) is 3.15. The zero-order valence-corrected chi connectivity index (χ0v) is 17.3. The van der Waals surface area contributed by atoms with E-state index in [1.54, 1.807) is 31.3 Å². The molecule has 0 saturated heterocycles. The molecule has 1 fully saturated rings. The number of pyridine rings is 1. The van der Waals surface area contributed by atoms with Crippen molar-refractivity contribution in [3.8, 4) is 11.5 Å². The van der Waals surface area contributed by atoms with E-state index < -0.39 is 11.2 Å². The number of ether oxygens (including phenoxy) is 1. The van der Waals surface area contributed by atoms with Gasteiger partial charge in [-0.05, 0) is 55.3 Å². The Labute approximate surface area is 182 Å². The Bertz CT molecular complexity index is 1420. The molecule has 1 aliphatic carbocycles. The largest absolute Gasteiger partial charge is 0.457 e. The molecule has 0 atom stereocenters. The van der Waals surface area contributed by atoms with Crippen LogP contribution >= 0.6 is 0 Å². The predicted octanol–water partition coefficient (Wildman–Crippen LogP) is 3.49. The summed E-state index contributed by atoms with van der Waals surface area (Å²) in [5, 5.41) is 0.224. The van der Waals surface area contributed by atoms with Gasteiger partial charge in [0.2, 0.25) is 0 Å². The Hall–Kier alpha value is -4.20. The fourth-order valence-corrected chi connectivity index (χ4v) is 3.60. The highest BCUT2D eigenvalue weighted by atomic mass is 16.5. The Morgan fingerprint density at radius 2 is 1.75 bits per heavy atom. The first-order valence-electron chi connectivity index (χ1n) is 10.3. The van der Waals surface area contributed by atoms with Crippen LogP contribution in [0.3, 0.4) is 0 Å². The summed E-state index contributed by atoms with van der Waals surface area (Å²) in [7, 11) is 1.65. The van der Waals surface area contributed by atoms with Gasteiger partial charge in [0, 0.05) is 25.0 Å². The minimum Gasteiger partial charge on any atom is -0.457 e. The third kappa shape index (κ3) is 3.66. The van der Waals surface area contributed by atoms with Gasteiger partial charge >= 0.3 is 5.69 Å². The summed E-state index contributed by atoms with van der Waals surface area (Å²) >= 11 is 0. The first kappa shape index (κ1) is 19.7. The third-order valence-electron chi connectivity index (χ3n) is 5.45. The molecule has 5 rings (SSSR count). The molecular formula is C24H20N4O4. The number of hydrogen-bond donors (Lipinski definition) is 1. The number of para-hydroxylation sites is 1. The smallest absolute Gasteiger partial charge is 0.330 e. The Balaban J connectivity index is 1.41. The number of fused-ring (bicyclic) bond motifs is 1. The van der Waals surface area contributed by atoms with Crippen LogP contribution < -0.4 is 20.9 Å². The highest BCUT2D eigenvalue weighted by molar-refractivity contribution is 6.06. The van der Waals surface area contributed by atoms with Gasteiger partial charge in [0.25, 0.3) is 11.5 Å². The van der Waals surface area contributed by atoms with E-state index in [-0.39, 0.29) is 22.9 Å². The number of H-pyrrole nitrogens is 1. The summed E-state index contributed by atoms with van der Waals surface area (Å²) in [5.41, 5.74) is 0.215. The van der Waals surface area contributed by atoms with E-state index in [1.807, 2.05) is 30.3 Å². The second-order valence-electron chi connectivity index (χ2n) is 7.73. The highest BCUT2D eigenvalue weighted by Crippen LogP contribution is 2.34. The second-order valence-corrected chi connectivity index (χ2v) is 7.73. The van der Waals surface area contributed by atoms with E-state index in [0.29, 0.717) is 17.1 Å². The monoisotopic (exact) mass is 428 g/mol. The molecule has 0 bridgehead atoms. The molecule has 0 radical (unpaired) electrons. The van der Waals surface area contributed by atoms with Crippen molar-refractivity contribution in [2.75, 3.05) is 11.9 Å². The lowest BCUT2D eigenvalue weighted by Crippen LogP contribution is -2.31. The van der Waals surface area contributed by atoms with Crippen molar-refractivity contribution in [3.63, 3.8) is 0 Å². The number of carbonyl (C=O) groups excluding carboxylic acids is 1. The van der Waals surface area contributed by atoms with Gasteiger partial charge in [-0.2, -0.15) is 0 Å². The number of amides is 1. The molecule has 0 spiro atoms. The number of nitrogens with one attached hydrogen (secondary N) is 1. The normalized spacial score (nSPS) is 13.2. The third-order valence-corrected chi connectivity index (χ3v) is 5.45. The van der Waals surface area contributed by atoms with Crippen LogP contribution in [0.1, 0.15) is 29.2 Å². The second kappa shape index (κ2) is 7.81. The minimum atomic E-state index is -0.547. The van der Waals surface area contributed by atoms with Crippen molar-refractivity contribution < 1.29 is 9.53 Å². The van der Waals surface area contributed by atoms with Crippen LogP contribution in [0.25, 0.3) is 11.0 Å². The van der Waals surface area contributed by atoms with Crippen LogP contribution in [0.15, 0.2) is 76.4 Å². The molecule has 1 amide bonds. The molecule has 2 aromatic heterocycles. The van der Waals surface area contributed by atoms with Crippen molar-refractivity contribution in [1.82, 2.24) is 14.5 Å². The summed E-state index contributed by atoms with van der Waals surface area (Å²) in [4.78, 5) is 45.7. The van der Waals surface area contributed by atoms with Crippen LogP contribution in [-0.4, -0.2) is 27.5 Å². The number of anilines is 1. The Morgan fingerprint density at radius 1 is 1.06 bits per heavy atom. The summed E-state index contributed by atoms with van der Waals surface area (Å²) in [6.45, 7) is 0. The molecule has 8 nitrogen and oxygen atoms in total. The number of aromatic nitrogens is 3. The highest BCUT2D eigenvalue weighted by Gasteiger charge is 2.28. The molecule has 1 saturated carbocycles. The average molecular weight is 428 g/mol. The molecular weight excluding hydrogens is 408 g/mol. The van der Waals surface area contributed by atoms with Crippen molar-refractivity contribution in [3.05, 3.63) is 93.3 Å². The van der Waals surface area contributed by atoms with Crippen LogP contribution in [0.2, 0.25) is 0 Å². The maximum atomic E-state index is 13.0. The van der Waals surface area contributed by atoms with Gasteiger partial charge in [0.15, 0.2) is 0 Å². The molecule has 4 aromatic rings. The maximum Gasteiger partial charge on any atom is 0.330 e. The lowest BCUT2D eigenvalue weighted by molar-refractivity contribution is 0.0993. The average Bonchev–Trinajstić information content (AvgIpc) is 3.64. The molecule has 8 heteroatoms. The van der Waals surface area contributed by atoms with E-state index in [2.05, 4.69) is 9.97 Å². The molecule has 0 unspecified atom stereocenters. The van der Waals surface area contributed by atoms with E-state index in [4.69, 9.17) is 4.74 Å². The Morgan fingerprint density at radius 3 is 2.44 bits per heavy atom. The molecule has 0 aliphatic heterocycles. The SMILES string of the molecule is CN(C(=O)c1cnc2c(c1)c(=O)[nH]c(=O)n2C1CC1)c1ccc(Oc2ccccc2)cc1. The zero-order chi connectivity index (χ0) is 22.2. The summed E-state index contributed by atoms with van der Waals surface area (Å²) in [6, 6.07) is 18.1. The van der Waals surface area contributed by atoms with Crippen molar-refractivity contribution >= 4 is 22.6 Å². The molecule has 2 heterocycles. The van der Waals surface area contributed by atoms with Gasteiger partial charge in [-0.25, -0.2) is 9.78 Å². The number of hydrogen-bond acceptors (Lipinski definition) is 5. The van der Waals surface area contributed by atoms with E-state index >= 15 is 0 Å². The number of rotatable bonds is 5. The molecule has 160 valence electrons. The van der Waals surface area contributed by atoms with Crippen molar-refractivity contribution in [1.29, 1.82) is 0 Å². The Kier molecular flexibility index (Phi) is 4.82. The van der Waals surface area contributed by atoms with Gasteiger partial charge in [0.1, 0.15) is 17.1 Å². The summed E-state index contributed by atoms with van der Waals surface area (Å²) in [5.74, 6) is 1.05. The van der Waals surface area contributed by atoms with Gasteiger partial charge in [-0.15, -0.1) is 0 Å². The quantitative estimate of drug-likeness (QED) is 0.525. The lowest BCUT2D eigenvalue weighted by atomic mass is 10.2. The van der Waals surface area contributed by atoms with Crippen LogP contribution in [-0.2, 0) is 0 Å².